The van der Waals surface area contributed by atoms with Gasteiger partial charge in [0.05, 0.1) is 12.4 Å². The minimum Gasteiger partial charge on any atom is -0.294 e. The number of imidazole rings is 1. The molecule has 0 saturated heterocycles. The normalized spacial score (nSPS) is 11.0. The predicted octanol–water partition coefficient (Wildman–Crippen LogP) is 2.49. The van der Waals surface area contributed by atoms with Gasteiger partial charge < -0.3 is 0 Å². The van der Waals surface area contributed by atoms with Crippen LogP contribution in [0.1, 0.15) is 0 Å². The molecule has 0 unspecified atom stereocenters. The number of aromatic nitrogens is 4. The molecule has 3 aromatic rings. The fraction of sp³-hybridized carbons (Fsp3) is 0. The molecule has 0 aliphatic carbocycles. The topological polar surface area (TPSA) is 46.0 Å². The first-order chi connectivity index (χ1) is 7.34. The van der Waals surface area contributed by atoms with E-state index in [0.29, 0.717) is 0 Å². The highest BCUT2D eigenvalue weighted by Crippen LogP contribution is 2.20. The minimum atomic E-state index is 0.925. The molecular formula is C10H7BrN4. The Labute approximate surface area is 94.1 Å². The fourth-order valence-electron chi connectivity index (χ4n) is 1.53. The molecule has 0 aromatic carbocycles. The van der Waals surface area contributed by atoms with Gasteiger partial charge in [0.25, 0.3) is 0 Å². The van der Waals surface area contributed by atoms with Crippen molar-refractivity contribution in [1.29, 1.82) is 0 Å². The van der Waals surface area contributed by atoms with E-state index in [9.17, 15) is 0 Å². The lowest BCUT2D eigenvalue weighted by Crippen LogP contribution is -1.85. The summed E-state index contributed by atoms with van der Waals surface area (Å²) in [6.45, 7) is 0. The van der Waals surface area contributed by atoms with Crippen molar-refractivity contribution in [1.82, 2.24) is 19.6 Å². The molecule has 0 atom stereocenters. The van der Waals surface area contributed by atoms with E-state index in [1.54, 1.807) is 12.4 Å². The van der Waals surface area contributed by atoms with Gasteiger partial charge in [0, 0.05) is 23.5 Å². The molecule has 0 bridgehead atoms. The number of fused-ring (bicyclic) bond motifs is 1. The van der Waals surface area contributed by atoms with E-state index in [-0.39, 0.29) is 0 Å². The van der Waals surface area contributed by atoms with Gasteiger partial charge in [0.1, 0.15) is 10.3 Å². The van der Waals surface area contributed by atoms with Gasteiger partial charge in [-0.25, -0.2) is 4.98 Å². The molecule has 0 saturated carbocycles. The van der Waals surface area contributed by atoms with E-state index in [1.807, 2.05) is 28.9 Å². The van der Waals surface area contributed by atoms with Crippen molar-refractivity contribution >= 4 is 21.6 Å². The number of rotatable bonds is 1. The monoisotopic (exact) mass is 262 g/mol. The number of pyridine rings is 1. The Morgan fingerprint density at radius 2 is 2.13 bits per heavy atom. The lowest BCUT2D eigenvalue weighted by molar-refractivity contribution is 1.09. The molecule has 3 aromatic heterocycles. The number of hydrogen-bond acceptors (Lipinski definition) is 2. The fourth-order valence-corrected chi connectivity index (χ4v) is 1.92. The molecule has 1 N–H and O–H groups in total. The van der Waals surface area contributed by atoms with Crippen LogP contribution in [-0.2, 0) is 0 Å². The van der Waals surface area contributed by atoms with Crippen molar-refractivity contribution in [3.8, 4) is 11.1 Å². The van der Waals surface area contributed by atoms with Gasteiger partial charge in [-0.15, -0.1) is 0 Å². The molecule has 3 heterocycles. The molecule has 5 heteroatoms. The maximum absolute atomic E-state index is 4.23. The predicted molar refractivity (Wildman–Crippen MR) is 60.5 cm³/mol. The number of hydrogen-bond donors (Lipinski definition) is 1. The summed E-state index contributed by atoms with van der Waals surface area (Å²) in [4.78, 5) is 4.23. The van der Waals surface area contributed by atoms with E-state index < -0.39 is 0 Å². The lowest BCUT2D eigenvalue weighted by atomic mass is 10.2. The Kier molecular flexibility index (Phi) is 1.85. The zero-order valence-electron chi connectivity index (χ0n) is 7.68. The largest absolute Gasteiger partial charge is 0.294 e. The van der Waals surface area contributed by atoms with Crippen LogP contribution in [0.25, 0.3) is 16.8 Å². The van der Waals surface area contributed by atoms with Crippen LogP contribution in [0.3, 0.4) is 0 Å². The number of H-pyrrole nitrogens is 1. The summed E-state index contributed by atoms with van der Waals surface area (Å²) in [6.07, 6.45) is 7.48. The summed E-state index contributed by atoms with van der Waals surface area (Å²) in [5, 5.41) is 6.73. The lowest BCUT2D eigenvalue weighted by Gasteiger charge is -1.99. The standard InChI is InChI=1S/C10H7BrN4/c11-9-5-12-10-2-1-7(6-15(9)10)8-3-13-14-4-8/h1-6H,(H,13,14). The summed E-state index contributed by atoms with van der Waals surface area (Å²) >= 11 is 3.44. The summed E-state index contributed by atoms with van der Waals surface area (Å²) in [6, 6.07) is 4.01. The molecule has 0 aliphatic heterocycles. The van der Waals surface area contributed by atoms with Crippen molar-refractivity contribution in [2.24, 2.45) is 0 Å². The van der Waals surface area contributed by atoms with E-state index in [1.165, 1.54) is 0 Å². The van der Waals surface area contributed by atoms with Gasteiger partial charge in [-0.1, -0.05) is 0 Å². The van der Waals surface area contributed by atoms with Crippen LogP contribution < -0.4 is 0 Å². The zero-order valence-corrected chi connectivity index (χ0v) is 9.27. The second-order valence-electron chi connectivity index (χ2n) is 3.21. The van der Waals surface area contributed by atoms with E-state index in [2.05, 4.69) is 31.1 Å². The highest BCUT2D eigenvalue weighted by Gasteiger charge is 2.03. The molecule has 0 aliphatic rings. The SMILES string of the molecule is Brc1cnc2ccc(-c3cn[nH]c3)cn12. The van der Waals surface area contributed by atoms with Crippen LogP contribution in [0.2, 0.25) is 0 Å². The maximum Gasteiger partial charge on any atom is 0.137 e. The first-order valence-corrected chi connectivity index (χ1v) is 5.26. The van der Waals surface area contributed by atoms with Crippen LogP contribution in [0.5, 0.6) is 0 Å². The van der Waals surface area contributed by atoms with Crippen LogP contribution in [0.4, 0.5) is 0 Å². The smallest absolute Gasteiger partial charge is 0.137 e. The molecule has 0 spiro atoms. The van der Waals surface area contributed by atoms with Crippen molar-refractivity contribution < 1.29 is 0 Å². The molecule has 0 fully saturated rings. The third-order valence-electron chi connectivity index (χ3n) is 2.29. The van der Waals surface area contributed by atoms with Crippen molar-refractivity contribution in [2.75, 3.05) is 0 Å². The van der Waals surface area contributed by atoms with E-state index >= 15 is 0 Å². The van der Waals surface area contributed by atoms with Gasteiger partial charge in [0.2, 0.25) is 0 Å². The Bertz CT molecular complexity index is 597. The third kappa shape index (κ3) is 1.35. The molecule has 0 amide bonds. The van der Waals surface area contributed by atoms with Gasteiger partial charge in [-0.3, -0.25) is 9.50 Å². The third-order valence-corrected chi connectivity index (χ3v) is 2.88. The molecule has 74 valence electrons. The van der Waals surface area contributed by atoms with Crippen molar-refractivity contribution in [3.63, 3.8) is 0 Å². The summed E-state index contributed by atoms with van der Waals surface area (Å²) in [5.74, 6) is 0. The van der Waals surface area contributed by atoms with Gasteiger partial charge in [0.15, 0.2) is 0 Å². The zero-order chi connectivity index (χ0) is 10.3. The highest BCUT2D eigenvalue weighted by molar-refractivity contribution is 9.10. The minimum absolute atomic E-state index is 0.925. The Morgan fingerprint density at radius 1 is 1.20 bits per heavy atom. The first kappa shape index (κ1) is 8.67. The number of aromatic amines is 1. The van der Waals surface area contributed by atoms with Crippen LogP contribution >= 0.6 is 15.9 Å². The molecule has 3 rings (SSSR count). The van der Waals surface area contributed by atoms with Gasteiger partial charge in [-0.05, 0) is 28.1 Å². The van der Waals surface area contributed by atoms with Crippen molar-refractivity contribution in [2.45, 2.75) is 0 Å². The number of nitrogens with zero attached hydrogens (tertiary/aromatic N) is 3. The highest BCUT2D eigenvalue weighted by atomic mass is 79.9. The Morgan fingerprint density at radius 3 is 2.93 bits per heavy atom. The molecule has 15 heavy (non-hydrogen) atoms. The molecule has 0 radical (unpaired) electrons. The number of nitrogens with one attached hydrogen (secondary N) is 1. The van der Waals surface area contributed by atoms with E-state index in [0.717, 1.165) is 21.4 Å². The van der Waals surface area contributed by atoms with Gasteiger partial charge >= 0.3 is 0 Å². The average molecular weight is 263 g/mol. The maximum atomic E-state index is 4.23. The summed E-state index contributed by atoms with van der Waals surface area (Å²) < 4.78 is 2.94. The number of halogens is 1. The van der Waals surface area contributed by atoms with E-state index in [4.69, 9.17) is 0 Å². The second-order valence-corrected chi connectivity index (χ2v) is 4.03. The average Bonchev–Trinajstić information content (AvgIpc) is 2.88. The second kappa shape index (κ2) is 3.20. The molecular weight excluding hydrogens is 256 g/mol. The summed E-state index contributed by atoms with van der Waals surface area (Å²) in [7, 11) is 0. The van der Waals surface area contributed by atoms with Crippen LogP contribution in [0, 0.1) is 0 Å². The summed E-state index contributed by atoms with van der Waals surface area (Å²) in [5.41, 5.74) is 3.10. The van der Waals surface area contributed by atoms with Crippen LogP contribution in [-0.4, -0.2) is 19.6 Å². The Balaban J connectivity index is 2.25. The molecule has 4 nitrogen and oxygen atoms in total. The Hall–Kier alpha value is -1.62. The van der Waals surface area contributed by atoms with Gasteiger partial charge in [-0.2, -0.15) is 5.10 Å². The first-order valence-electron chi connectivity index (χ1n) is 4.46. The van der Waals surface area contributed by atoms with Crippen molar-refractivity contribution in [3.05, 3.63) is 41.5 Å². The quantitative estimate of drug-likeness (QED) is 0.733. The van der Waals surface area contributed by atoms with Crippen LogP contribution in [0.15, 0.2) is 41.5 Å².